The fourth-order valence-corrected chi connectivity index (χ4v) is 7.54. The van der Waals surface area contributed by atoms with Crippen LogP contribution in [0.5, 0.6) is 0 Å². The van der Waals surface area contributed by atoms with Gasteiger partial charge in [-0.1, -0.05) is 209 Å². The molecule has 0 saturated carbocycles. The fraction of sp³-hybridized carbons (Fsp3) is 0.746. The summed E-state index contributed by atoms with van der Waals surface area (Å²) in [4.78, 5) is 38.1. The van der Waals surface area contributed by atoms with Crippen LogP contribution in [0.1, 0.15) is 265 Å². The number of unbranched alkanes of at least 4 members (excludes halogenated alkanes) is 26. The van der Waals surface area contributed by atoms with E-state index in [1.165, 1.54) is 116 Å². The Hall–Kier alpha value is -3.15. The summed E-state index contributed by atoms with van der Waals surface area (Å²) >= 11 is 0. The average Bonchev–Trinajstić information content (AvgIpc) is 3.30. The summed E-state index contributed by atoms with van der Waals surface area (Å²) in [6.45, 7) is 6.48. The van der Waals surface area contributed by atoms with Gasteiger partial charge in [0.2, 0.25) is 0 Å². The average molecular weight is 907 g/mol. The van der Waals surface area contributed by atoms with E-state index in [4.69, 9.17) is 14.2 Å². The van der Waals surface area contributed by atoms with E-state index in [0.29, 0.717) is 19.3 Å². The van der Waals surface area contributed by atoms with Crippen molar-refractivity contribution in [2.45, 2.75) is 271 Å². The predicted octanol–water partition coefficient (Wildman–Crippen LogP) is 18.2. The molecule has 0 aliphatic carbocycles. The first-order valence-corrected chi connectivity index (χ1v) is 27.4. The Labute approximate surface area is 402 Å². The molecule has 0 radical (unpaired) electrons. The van der Waals surface area contributed by atoms with Crippen molar-refractivity contribution in [3.8, 4) is 0 Å². The van der Waals surface area contributed by atoms with E-state index in [1.807, 2.05) is 0 Å². The lowest BCUT2D eigenvalue weighted by Gasteiger charge is -2.18. The molecule has 0 aromatic heterocycles. The molecule has 0 saturated heterocycles. The topological polar surface area (TPSA) is 78.9 Å². The Balaban J connectivity index is 4.42. The molecule has 0 spiro atoms. The lowest BCUT2D eigenvalue weighted by Crippen LogP contribution is -2.30. The van der Waals surface area contributed by atoms with Crippen LogP contribution in [0.15, 0.2) is 72.9 Å². The molecule has 1 atom stereocenters. The summed E-state index contributed by atoms with van der Waals surface area (Å²) in [6, 6.07) is 0. The van der Waals surface area contributed by atoms with Crippen molar-refractivity contribution in [1.82, 2.24) is 0 Å². The van der Waals surface area contributed by atoms with Gasteiger partial charge in [0.15, 0.2) is 6.10 Å². The quantitative estimate of drug-likeness (QED) is 0.0262. The third-order valence-corrected chi connectivity index (χ3v) is 11.7. The number of allylic oxidation sites excluding steroid dienone is 12. The lowest BCUT2D eigenvalue weighted by molar-refractivity contribution is -0.167. The fourth-order valence-electron chi connectivity index (χ4n) is 7.54. The molecule has 65 heavy (non-hydrogen) atoms. The van der Waals surface area contributed by atoms with Crippen LogP contribution in [-0.4, -0.2) is 37.2 Å². The van der Waals surface area contributed by atoms with Crippen molar-refractivity contribution in [2.24, 2.45) is 0 Å². The molecule has 0 aromatic carbocycles. The largest absolute Gasteiger partial charge is 0.462 e. The van der Waals surface area contributed by atoms with E-state index in [2.05, 4.69) is 93.7 Å². The number of esters is 3. The summed E-state index contributed by atoms with van der Waals surface area (Å²) in [5, 5.41) is 0. The summed E-state index contributed by atoms with van der Waals surface area (Å²) < 4.78 is 16.8. The zero-order valence-electron chi connectivity index (χ0n) is 42.7. The molecule has 0 aromatic rings. The molecule has 0 fully saturated rings. The van der Waals surface area contributed by atoms with Crippen LogP contribution >= 0.6 is 0 Å². The molecule has 0 N–H and O–H groups in total. The monoisotopic (exact) mass is 907 g/mol. The van der Waals surface area contributed by atoms with Gasteiger partial charge in [0.25, 0.3) is 0 Å². The SMILES string of the molecule is CC/C=C\C/C=C\C/C=C\C/C=C\CCCCCCC(=O)OC[C@H](COC(=O)CCCCCCCCC/C=C\CCCCCCCC)OC(=O)CCCCCCC/C=C\CCCCCC. The van der Waals surface area contributed by atoms with Crippen molar-refractivity contribution in [3.63, 3.8) is 0 Å². The molecular formula is C59H102O6. The molecule has 0 rings (SSSR count). The maximum atomic E-state index is 12.8. The Morgan fingerprint density at radius 2 is 0.600 bits per heavy atom. The van der Waals surface area contributed by atoms with Crippen LogP contribution in [0.2, 0.25) is 0 Å². The second-order valence-corrected chi connectivity index (χ2v) is 18.1. The zero-order valence-corrected chi connectivity index (χ0v) is 42.7. The summed E-state index contributed by atoms with van der Waals surface area (Å²) in [7, 11) is 0. The van der Waals surface area contributed by atoms with Gasteiger partial charge < -0.3 is 14.2 Å². The van der Waals surface area contributed by atoms with Crippen molar-refractivity contribution in [1.29, 1.82) is 0 Å². The highest BCUT2D eigenvalue weighted by atomic mass is 16.6. The van der Waals surface area contributed by atoms with Gasteiger partial charge in [-0.15, -0.1) is 0 Å². The van der Waals surface area contributed by atoms with Gasteiger partial charge in [-0.05, 0) is 109 Å². The molecule has 6 nitrogen and oxygen atoms in total. The van der Waals surface area contributed by atoms with Crippen LogP contribution in [0.3, 0.4) is 0 Å². The van der Waals surface area contributed by atoms with Gasteiger partial charge in [-0.25, -0.2) is 0 Å². The summed E-state index contributed by atoms with van der Waals surface area (Å²) in [5.74, 6) is -0.921. The van der Waals surface area contributed by atoms with Crippen molar-refractivity contribution >= 4 is 17.9 Å². The van der Waals surface area contributed by atoms with Gasteiger partial charge in [0.05, 0.1) is 0 Å². The van der Waals surface area contributed by atoms with Crippen molar-refractivity contribution < 1.29 is 28.6 Å². The van der Waals surface area contributed by atoms with Crippen LogP contribution in [-0.2, 0) is 28.6 Å². The molecule has 6 heteroatoms. The molecular weight excluding hydrogens is 805 g/mol. The van der Waals surface area contributed by atoms with Gasteiger partial charge in [-0.3, -0.25) is 14.4 Å². The highest BCUT2D eigenvalue weighted by Crippen LogP contribution is 2.14. The number of hydrogen-bond donors (Lipinski definition) is 0. The van der Waals surface area contributed by atoms with Crippen LogP contribution < -0.4 is 0 Å². The number of hydrogen-bond acceptors (Lipinski definition) is 6. The predicted molar refractivity (Wildman–Crippen MR) is 279 cm³/mol. The number of rotatable bonds is 49. The van der Waals surface area contributed by atoms with E-state index in [-0.39, 0.29) is 31.1 Å². The molecule has 0 heterocycles. The highest BCUT2D eigenvalue weighted by molar-refractivity contribution is 5.71. The number of carbonyl (C=O) groups is 3. The third-order valence-electron chi connectivity index (χ3n) is 11.7. The Morgan fingerprint density at radius 3 is 0.969 bits per heavy atom. The maximum absolute atomic E-state index is 12.8. The zero-order chi connectivity index (χ0) is 47.2. The lowest BCUT2D eigenvalue weighted by atomic mass is 10.1. The first kappa shape index (κ1) is 61.9. The van der Waals surface area contributed by atoms with Crippen LogP contribution in [0, 0.1) is 0 Å². The summed E-state index contributed by atoms with van der Waals surface area (Å²) in [5.41, 5.74) is 0. The van der Waals surface area contributed by atoms with Crippen molar-refractivity contribution in [3.05, 3.63) is 72.9 Å². The second kappa shape index (κ2) is 53.5. The third kappa shape index (κ3) is 51.7. The minimum atomic E-state index is -0.791. The van der Waals surface area contributed by atoms with Gasteiger partial charge in [0.1, 0.15) is 13.2 Å². The Kier molecular flexibility index (Phi) is 50.9. The van der Waals surface area contributed by atoms with E-state index < -0.39 is 6.10 Å². The van der Waals surface area contributed by atoms with Gasteiger partial charge in [-0.2, -0.15) is 0 Å². The molecule has 0 bridgehead atoms. The molecule has 0 aliphatic heterocycles. The van der Waals surface area contributed by atoms with E-state index in [0.717, 1.165) is 109 Å². The van der Waals surface area contributed by atoms with E-state index in [1.54, 1.807) is 0 Å². The smallest absolute Gasteiger partial charge is 0.306 e. The maximum Gasteiger partial charge on any atom is 0.306 e. The standard InChI is InChI=1S/C59H102O6/c1-4-7-10-13-16-19-22-25-27-29-31-34-36-39-42-45-48-51-57(60)63-54-56(65-59(62)53-50-47-44-41-38-33-24-21-18-15-12-9-6-3)55-64-58(61)52-49-46-43-40-37-35-32-30-28-26-23-20-17-14-11-8-5-2/h7,10,16,19,21,24-28,31,34,56H,4-6,8-9,11-15,17-18,20,22-23,29-30,32-33,35-55H2,1-3H3/b10-7-,19-16-,24-21-,27-25-,28-26-,34-31-/t56-/m1/s1. The first-order valence-electron chi connectivity index (χ1n) is 27.4. The van der Waals surface area contributed by atoms with Gasteiger partial charge >= 0.3 is 17.9 Å². The number of ether oxygens (including phenoxy) is 3. The Morgan fingerprint density at radius 1 is 0.323 bits per heavy atom. The van der Waals surface area contributed by atoms with Crippen LogP contribution in [0.25, 0.3) is 0 Å². The highest BCUT2D eigenvalue weighted by Gasteiger charge is 2.19. The normalized spacial score (nSPS) is 12.6. The molecule has 0 aliphatic rings. The van der Waals surface area contributed by atoms with Crippen LogP contribution in [0.4, 0.5) is 0 Å². The Bertz CT molecular complexity index is 1230. The molecule has 374 valence electrons. The van der Waals surface area contributed by atoms with E-state index >= 15 is 0 Å². The minimum Gasteiger partial charge on any atom is -0.462 e. The molecule has 0 unspecified atom stereocenters. The molecule has 0 amide bonds. The first-order chi connectivity index (χ1) is 32.0. The van der Waals surface area contributed by atoms with Gasteiger partial charge in [0, 0.05) is 19.3 Å². The number of carbonyl (C=O) groups excluding carboxylic acids is 3. The van der Waals surface area contributed by atoms with Crippen molar-refractivity contribution in [2.75, 3.05) is 13.2 Å². The minimum absolute atomic E-state index is 0.0886. The second-order valence-electron chi connectivity index (χ2n) is 18.1. The van der Waals surface area contributed by atoms with E-state index in [9.17, 15) is 14.4 Å². The summed E-state index contributed by atoms with van der Waals surface area (Å²) in [6.07, 6.45) is 67.4.